The van der Waals surface area contributed by atoms with Crippen molar-refractivity contribution in [1.82, 2.24) is 5.01 Å². The van der Waals surface area contributed by atoms with Crippen LogP contribution in [0.25, 0.3) is 6.08 Å². The van der Waals surface area contributed by atoms with Crippen molar-refractivity contribution in [3.8, 4) is 11.5 Å². The van der Waals surface area contributed by atoms with Crippen molar-refractivity contribution < 1.29 is 14.3 Å². The molecule has 2 aliphatic heterocycles. The van der Waals surface area contributed by atoms with Gasteiger partial charge in [-0.3, -0.25) is 10.2 Å². The highest BCUT2D eigenvalue weighted by Crippen LogP contribution is 2.36. The number of amides is 1. The van der Waals surface area contributed by atoms with Crippen LogP contribution < -0.4 is 9.47 Å². The van der Waals surface area contributed by atoms with E-state index in [1.54, 1.807) is 6.08 Å². The van der Waals surface area contributed by atoms with Gasteiger partial charge in [0.15, 0.2) is 5.84 Å². The number of amidine groups is 2. The Balaban J connectivity index is 1.18. The van der Waals surface area contributed by atoms with Gasteiger partial charge in [-0.15, -0.1) is 0 Å². The SMILES string of the molecule is CCc1cc(C)cc(OCCOc2ccc(/C=C3/C(=N)N4N=C(C5CCCCC5)SC4=NC3=O)cc2)c1. The average Bonchev–Trinajstić information content (AvgIpc) is 3.34. The fourth-order valence-corrected chi connectivity index (χ4v) is 5.84. The highest BCUT2D eigenvalue weighted by Gasteiger charge is 2.37. The second kappa shape index (κ2) is 11.3. The summed E-state index contributed by atoms with van der Waals surface area (Å²) < 4.78 is 11.7. The Morgan fingerprint density at radius 2 is 1.78 bits per heavy atom. The van der Waals surface area contributed by atoms with Crippen LogP contribution in [0.4, 0.5) is 0 Å². The number of fused-ring (bicyclic) bond motifs is 1. The zero-order valence-corrected chi connectivity index (χ0v) is 22.1. The fourth-order valence-electron chi connectivity index (χ4n) is 4.78. The summed E-state index contributed by atoms with van der Waals surface area (Å²) in [6.45, 7) is 5.07. The summed E-state index contributed by atoms with van der Waals surface area (Å²) in [5.41, 5.74) is 3.48. The van der Waals surface area contributed by atoms with E-state index in [1.165, 1.54) is 47.2 Å². The van der Waals surface area contributed by atoms with Crippen LogP contribution in [0.1, 0.15) is 55.7 Å². The average molecular weight is 517 g/mol. The molecule has 2 aromatic rings. The number of hydrogen-bond donors (Lipinski definition) is 1. The number of nitrogens with one attached hydrogen (secondary N) is 1. The summed E-state index contributed by atoms with van der Waals surface area (Å²) in [6.07, 6.45) is 8.58. The van der Waals surface area contributed by atoms with Gasteiger partial charge in [-0.05, 0) is 85.0 Å². The molecule has 0 radical (unpaired) electrons. The first kappa shape index (κ1) is 25.3. The number of thioether (sulfide) groups is 1. The van der Waals surface area contributed by atoms with Gasteiger partial charge in [0, 0.05) is 5.92 Å². The third kappa shape index (κ3) is 5.96. The molecule has 1 N–H and O–H groups in total. The number of carbonyl (C=O) groups is 1. The molecule has 1 saturated carbocycles. The Morgan fingerprint density at radius 1 is 1.05 bits per heavy atom. The number of ether oxygens (including phenoxy) is 2. The molecule has 1 fully saturated rings. The van der Waals surface area contributed by atoms with Gasteiger partial charge in [0.1, 0.15) is 29.8 Å². The van der Waals surface area contributed by atoms with Crippen LogP contribution in [0.15, 0.2) is 58.1 Å². The number of benzene rings is 2. The van der Waals surface area contributed by atoms with Gasteiger partial charge in [-0.25, -0.2) is 0 Å². The molecule has 1 amide bonds. The monoisotopic (exact) mass is 516 g/mol. The lowest BCUT2D eigenvalue weighted by molar-refractivity contribution is -0.114. The smallest absolute Gasteiger partial charge is 0.283 e. The Labute approximate surface area is 222 Å². The zero-order chi connectivity index (χ0) is 25.8. The van der Waals surface area contributed by atoms with Gasteiger partial charge in [-0.1, -0.05) is 44.4 Å². The van der Waals surface area contributed by atoms with Gasteiger partial charge in [0.05, 0.1) is 5.57 Å². The second-order valence-corrected chi connectivity index (χ2v) is 10.6. The molecule has 0 unspecified atom stereocenters. The second-order valence-electron chi connectivity index (χ2n) is 9.57. The molecule has 37 heavy (non-hydrogen) atoms. The molecule has 0 saturated heterocycles. The normalized spacial score (nSPS) is 19.1. The summed E-state index contributed by atoms with van der Waals surface area (Å²) in [5.74, 6) is 1.66. The van der Waals surface area contributed by atoms with E-state index < -0.39 is 5.91 Å². The zero-order valence-electron chi connectivity index (χ0n) is 21.3. The lowest BCUT2D eigenvalue weighted by Crippen LogP contribution is -2.35. The number of nitrogens with zero attached hydrogens (tertiary/aromatic N) is 3. The molecule has 7 nitrogen and oxygen atoms in total. The van der Waals surface area contributed by atoms with E-state index >= 15 is 0 Å². The summed E-state index contributed by atoms with van der Waals surface area (Å²) in [4.78, 5) is 17.0. The first-order valence-electron chi connectivity index (χ1n) is 13.0. The van der Waals surface area contributed by atoms with E-state index in [0.717, 1.165) is 35.6 Å². The first-order valence-corrected chi connectivity index (χ1v) is 13.8. The van der Waals surface area contributed by atoms with Gasteiger partial charge < -0.3 is 9.47 Å². The maximum absolute atomic E-state index is 12.7. The maximum atomic E-state index is 12.7. The first-order chi connectivity index (χ1) is 18.0. The molecule has 1 aliphatic carbocycles. The van der Waals surface area contributed by atoms with Crippen LogP contribution in [0.5, 0.6) is 11.5 Å². The van der Waals surface area contributed by atoms with Crippen LogP contribution in [0, 0.1) is 18.3 Å². The van der Waals surface area contributed by atoms with Crippen molar-refractivity contribution in [2.45, 2.75) is 52.4 Å². The minimum absolute atomic E-state index is 0.0770. The molecule has 192 valence electrons. The molecule has 2 aromatic carbocycles. The quantitative estimate of drug-likeness (QED) is 0.333. The summed E-state index contributed by atoms with van der Waals surface area (Å²) in [7, 11) is 0. The van der Waals surface area contributed by atoms with E-state index in [2.05, 4.69) is 36.1 Å². The molecule has 8 heteroatoms. The van der Waals surface area contributed by atoms with Crippen molar-refractivity contribution in [2.75, 3.05) is 13.2 Å². The highest BCUT2D eigenvalue weighted by atomic mass is 32.2. The van der Waals surface area contributed by atoms with Crippen molar-refractivity contribution in [3.05, 3.63) is 64.7 Å². The molecule has 0 spiro atoms. The number of hydrazone groups is 1. The highest BCUT2D eigenvalue weighted by molar-refractivity contribution is 8.27. The summed E-state index contributed by atoms with van der Waals surface area (Å²) in [6, 6.07) is 13.7. The third-order valence-electron chi connectivity index (χ3n) is 6.76. The number of rotatable bonds is 8. The predicted octanol–water partition coefficient (Wildman–Crippen LogP) is 6.21. The minimum Gasteiger partial charge on any atom is -0.490 e. The Morgan fingerprint density at radius 3 is 2.51 bits per heavy atom. The molecule has 3 aliphatic rings. The predicted molar refractivity (Wildman–Crippen MR) is 150 cm³/mol. The number of hydrogen-bond acceptors (Lipinski definition) is 6. The molecule has 2 heterocycles. The fraction of sp³-hybridized carbons (Fsp3) is 0.379. The van der Waals surface area contributed by atoms with E-state index in [-0.39, 0.29) is 11.4 Å². The third-order valence-corrected chi connectivity index (χ3v) is 7.83. The standard InChI is InChI=1S/C29H32N4O3S/c1-3-20-15-19(2)16-24(17-20)36-14-13-35-23-11-9-21(10-12-23)18-25-26(30)33-29(31-27(25)34)37-28(32-33)22-7-5-4-6-8-22/h9-12,15-18,22,30H,3-8,13-14H2,1-2H3/b25-18-,30-26?. The largest absolute Gasteiger partial charge is 0.490 e. The van der Waals surface area contributed by atoms with Crippen molar-refractivity contribution in [2.24, 2.45) is 16.0 Å². The summed E-state index contributed by atoms with van der Waals surface area (Å²) in [5, 5.41) is 16.3. The lowest BCUT2D eigenvalue weighted by atomic mass is 9.90. The van der Waals surface area contributed by atoms with Crippen LogP contribution in [-0.2, 0) is 11.2 Å². The minimum atomic E-state index is -0.399. The van der Waals surface area contributed by atoms with E-state index in [1.807, 2.05) is 30.3 Å². The molecule has 0 bridgehead atoms. The van der Waals surface area contributed by atoms with Gasteiger partial charge in [0.25, 0.3) is 5.91 Å². The molecule has 0 atom stereocenters. The van der Waals surface area contributed by atoms with Crippen LogP contribution >= 0.6 is 11.8 Å². The number of aliphatic imine (C=N–C) groups is 1. The van der Waals surface area contributed by atoms with Crippen LogP contribution in [0.3, 0.4) is 0 Å². The Kier molecular flexibility index (Phi) is 7.74. The van der Waals surface area contributed by atoms with Crippen LogP contribution in [0.2, 0.25) is 0 Å². The topological polar surface area (TPSA) is 87.3 Å². The number of carbonyl (C=O) groups excluding carboxylic acids is 1. The molecular formula is C29H32N4O3S. The molecule has 0 aromatic heterocycles. The lowest BCUT2D eigenvalue weighted by Gasteiger charge is -2.20. The van der Waals surface area contributed by atoms with E-state index in [9.17, 15) is 4.79 Å². The van der Waals surface area contributed by atoms with Gasteiger partial charge in [0.2, 0.25) is 5.17 Å². The molecule has 5 rings (SSSR count). The number of aryl methyl sites for hydroxylation is 2. The van der Waals surface area contributed by atoms with Crippen molar-refractivity contribution in [1.29, 1.82) is 5.41 Å². The molecular weight excluding hydrogens is 484 g/mol. The Hall–Kier alpha value is -3.39. The van der Waals surface area contributed by atoms with E-state index in [0.29, 0.717) is 30.0 Å². The van der Waals surface area contributed by atoms with Crippen molar-refractivity contribution in [3.63, 3.8) is 0 Å². The summed E-state index contributed by atoms with van der Waals surface area (Å²) >= 11 is 1.44. The van der Waals surface area contributed by atoms with Gasteiger partial charge >= 0.3 is 0 Å². The Bertz CT molecular complexity index is 1280. The van der Waals surface area contributed by atoms with Crippen LogP contribution in [-0.4, -0.2) is 40.2 Å². The van der Waals surface area contributed by atoms with Gasteiger partial charge in [-0.2, -0.15) is 15.1 Å². The van der Waals surface area contributed by atoms with Crippen molar-refractivity contribution >= 4 is 39.8 Å². The maximum Gasteiger partial charge on any atom is 0.283 e. The van der Waals surface area contributed by atoms with E-state index in [4.69, 9.17) is 14.9 Å².